The molecule has 1 heterocycles. The molecule has 0 aliphatic carbocycles. The summed E-state index contributed by atoms with van der Waals surface area (Å²) in [4.78, 5) is 0.352. The molecule has 1 fully saturated rings. The molecule has 0 aromatic heterocycles. The molecular formula is C13H17Br2NO2S. The second kappa shape index (κ2) is 6.24. The number of halogens is 2. The second-order valence-corrected chi connectivity index (χ2v) is 8.51. The minimum atomic E-state index is -3.38. The summed E-state index contributed by atoms with van der Waals surface area (Å²) >= 11 is 6.68. The lowest BCUT2D eigenvalue weighted by Gasteiger charge is -2.30. The van der Waals surface area contributed by atoms with Gasteiger partial charge in [0.2, 0.25) is 10.0 Å². The first-order valence-corrected chi connectivity index (χ1v) is 9.43. The summed E-state index contributed by atoms with van der Waals surface area (Å²) in [6, 6.07) is 5.18. The van der Waals surface area contributed by atoms with Crippen LogP contribution in [0.2, 0.25) is 0 Å². The molecule has 1 aromatic carbocycles. The number of sulfonamides is 1. The van der Waals surface area contributed by atoms with E-state index in [1.54, 1.807) is 22.5 Å². The molecule has 1 aliphatic heterocycles. The van der Waals surface area contributed by atoms with Crippen molar-refractivity contribution < 1.29 is 8.42 Å². The summed E-state index contributed by atoms with van der Waals surface area (Å²) in [5.41, 5.74) is 0. The van der Waals surface area contributed by atoms with E-state index in [2.05, 4.69) is 38.8 Å². The molecule has 0 saturated carbocycles. The fourth-order valence-electron chi connectivity index (χ4n) is 2.38. The zero-order valence-electron chi connectivity index (χ0n) is 10.8. The highest BCUT2D eigenvalue weighted by Gasteiger charge is 2.30. The quantitative estimate of drug-likeness (QED) is 0.754. The van der Waals surface area contributed by atoms with Gasteiger partial charge in [0.1, 0.15) is 0 Å². The second-order valence-electron chi connectivity index (χ2n) is 4.83. The first-order valence-electron chi connectivity index (χ1n) is 6.40. The van der Waals surface area contributed by atoms with Gasteiger partial charge < -0.3 is 0 Å². The van der Waals surface area contributed by atoms with Crippen molar-refractivity contribution in [1.82, 2.24) is 4.31 Å². The van der Waals surface area contributed by atoms with Gasteiger partial charge in [0.15, 0.2) is 0 Å². The molecule has 0 radical (unpaired) electrons. The van der Waals surface area contributed by atoms with Gasteiger partial charge in [0.05, 0.1) is 4.90 Å². The van der Waals surface area contributed by atoms with E-state index >= 15 is 0 Å². The van der Waals surface area contributed by atoms with Gasteiger partial charge in [-0.05, 0) is 52.9 Å². The van der Waals surface area contributed by atoms with E-state index in [0.29, 0.717) is 28.4 Å². The Hall–Kier alpha value is 0.0900. The fraction of sp³-hybridized carbons (Fsp3) is 0.538. The van der Waals surface area contributed by atoms with Crippen LogP contribution in [0.4, 0.5) is 0 Å². The van der Waals surface area contributed by atoms with Gasteiger partial charge in [-0.3, -0.25) is 0 Å². The lowest BCUT2D eigenvalue weighted by atomic mass is 9.96. The van der Waals surface area contributed by atoms with E-state index < -0.39 is 10.0 Å². The summed E-state index contributed by atoms with van der Waals surface area (Å²) in [5, 5.41) is 0. The van der Waals surface area contributed by atoms with E-state index in [1.165, 1.54) is 0 Å². The van der Waals surface area contributed by atoms with Crippen LogP contribution in [0.15, 0.2) is 32.0 Å². The van der Waals surface area contributed by atoms with Gasteiger partial charge in [0, 0.05) is 22.0 Å². The number of hydrogen-bond donors (Lipinski definition) is 0. The maximum Gasteiger partial charge on any atom is 0.244 e. The lowest BCUT2D eigenvalue weighted by molar-refractivity contribution is 0.269. The highest BCUT2D eigenvalue weighted by molar-refractivity contribution is 9.11. The molecule has 3 nitrogen and oxygen atoms in total. The Kier molecular flexibility index (Phi) is 5.09. The van der Waals surface area contributed by atoms with Gasteiger partial charge in [-0.25, -0.2) is 8.42 Å². The fourth-order valence-corrected chi connectivity index (χ4v) is 5.56. The maximum absolute atomic E-state index is 12.6. The molecule has 1 saturated heterocycles. The lowest BCUT2D eigenvalue weighted by Crippen LogP contribution is -2.38. The third-order valence-corrected chi connectivity index (χ3v) is 7.03. The summed E-state index contributed by atoms with van der Waals surface area (Å²) in [7, 11) is -3.38. The van der Waals surface area contributed by atoms with Crippen LogP contribution in [0.5, 0.6) is 0 Å². The first-order chi connectivity index (χ1) is 8.95. The van der Waals surface area contributed by atoms with Gasteiger partial charge in [-0.15, -0.1) is 0 Å². The van der Waals surface area contributed by atoms with Gasteiger partial charge in [-0.2, -0.15) is 4.31 Å². The van der Waals surface area contributed by atoms with Crippen LogP contribution in [-0.2, 0) is 10.0 Å². The van der Waals surface area contributed by atoms with Crippen molar-refractivity contribution in [3.05, 3.63) is 27.1 Å². The van der Waals surface area contributed by atoms with E-state index in [9.17, 15) is 8.42 Å². The molecular weight excluding hydrogens is 394 g/mol. The Morgan fingerprint density at radius 1 is 1.26 bits per heavy atom. The van der Waals surface area contributed by atoms with Crippen LogP contribution in [0.3, 0.4) is 0 Å². The van der Waals surface area contributed by atoms with E-state index in [4.69, 9.17) is 0 Å². The topological polar surface area (TPSA) is 37.4 Å². The molecule has 0 atom stereocenters. The van der Waals surface area contributed by atoms with Crippen molar-refractivity contribution in [1.29, 1.82) is 0 Å². The number of rotatable bonds is 3. The van der Waals surface area contributed by atoms with Crippen LogP contribution in [0.25, 0.3) is 0 Å². The van der Waals surface area contributed by atoms with Crippen molar-refractivity contribution in [3.63, 3.8) is 0 Å². The third-order valence-electron chi connectivity index (χ3n) is 3.66. The molecule has 0 N–H and O–H groups in total. The van der Waals surface area contributed by atoms with Crippen LogP contribution in [0.1, 0.15) is 26.2 Å². The minimum Gasteiger partial charge on any atom is -0.207 e. The van der Waals surface area contributed by atoms with Crippen LogP contribution >= 0.6 is 31.9 Å². The summed E-state index contributed by atoms with van der Waals surface area (Å²) in [6.07, 6.45) is 3.06. The predicted molar refractivity (Wildman–Crippen MR) is 83.6 cm³/mol. The van der Waals surface area contributed by atoms with Crippen LogP contribution in [0, 0.1) is 5.92 Å². The Bertz CT molecular complexity index is 552. The van der Waals surface area contributed by atoms with Gasteiger partial charge in [-0.1, -0.05) is 29.3 Å². The smallest absolute Gasteiger partial charge is 0.207 e. The van der Waals surface area contributed by atoms with Crippen molar-refractivity contribution in [2.75, 3.05) is 13.1 Å². The Morgan fingerprint density at radius 2 is 1.89 bits per heavy atom. The molecule has 1 aromatic rings. The summed E-state index contributed by atoms with van der Waals surface area (Å²) in [6.45, 7) is 3.42. The molecule has 0 bridgehead atoms. The molecule has 106 valence electrons. The highest BCUT2D eigenvalue weighted by Crippen LogP contribution is 2.30. The summed E-state index contributed by atoms with van der Waals surface area (Å²) in [5.74, 6) is 0.666. The molecule has 1 aliphatic rings. The Morgan fingerprint density at radius 3 is 2.42 bits per heavy atom. The van der Waals surface area contributed by atoms with Crippen molar-refractivity contribution in [2.24, 2.45) is 5.92 Å². The first kappa shape index (κ1) is 15.5. The van der Waals surface area contributed by atoms with Crippen LogP contribution in [-0.4, -0.2) is 25.8 Å². The van der Waals surface area contributed by atoms with Crippen LogP contribution < -0.4 is 0 Å². The molecule has 6 heteroatoms. The zero-order valence-corrected chi connectivity index (χ0v) is 14.8. The predicted octanol–water partition coefficient (Wildman–Crippen LogP) is 4.02. The van der Waals surface area contributed by atoms with Crippen molar-refractivity contribution >= 4 is 41.9 Å². The van der Waals surface area contributed by atoms with Crippen molar-refractivity contribution in [3.8, 4) is 0 Å². The largest absolute Gasteiger partial charge is 0.244 e. The average molecular weight is 411 g/mol. The number of benzene rings is 1. The zero-order chi connectivity index (χ0) is 14.0. The number of hydrogen-bond acceptors (Lipinski definition) is 2. The average Bonchev–Trinajstić information content (AvgIpc) is 2.38. The Balaban J connectivity index is 2.23. The van der Waals surface area contributed by atoms with E-state index in [-0.39, 0.29) is 0 Å². The number of piperidine rings is 1. The highest BCUT2D eigenvalue weighted by atomic mass is 79.9. The minimum absolute atomic E-state index is 0.352. The van der Waals surface area contributed by atoms with Gasteiger partial charge in [0.25, 0.3) is 0 Å². The van der Waals surface area contributed by atoms with Crippen molar-refractivity contribution in [2.45, 2.75) is 31.1 Å². The molecule has 0 amide bonds. The monoisotopic (exact) mass is 409 g/mol. The molecule has 0 unspecified atom stereocenters. The SMILES string of the molecule is CCC1CCN(S(=O)(=O)c2ccc(Br)cc2Br)CC1. The van der Waals surface area contributed by atoms with E-state index in [0.717, 1.165) is 23.7 Å². The normalized spacial score (nSPS) is 18.7. The Labute approximate surface area is 131 Å². The van der Waals surface area contributed by atoms with Gasteiger partial charge >= 0.3 is 0 Å². The van der Waals surface area contributed by atoms with E-state index in [1.807, 2.05) is 0 Å². The maximum atomic E-state index is 12.6. The molecule has 19 heavy (non-hydrogen) atoms. The molecule has 2 rings (SSSR count). The standard InChI is InChI=1S/C13H17Br2NO2S/c1-2-10-5-7-16(8-6-10)19(17,18)13-4-3-11(14)9-12(13)15/h3-4,9-10H,2,5-8H2,1H3. The molecule has 0 spiro atoms. The summed E-state index contributed by atoms with van der Waals surface area (Å²) < 4.78 is 28.3. The number of nitrogens with zero attached hydrogens (tertiary/aromatic N) is 1. The third kappa shape index (κ3) is 3.40.